The predicted molar refractivity (Wildman–Crippen MR) is 154 cm³/mol. The van der Waals surface area contributed by atoms with Gasteiger partial charge in [-0.2, -0.15) is 13.1 Å². The molecule has 8 nitrogen and oxygen atoms in total. The van der Waals surface area contributed by atoms with Crippen LogP contribution in [0, 0.1) is 52.8 Å². The summed E-state index contributed by atoms with van der Waals surface area (Å²) < 4.78 is 28.8. The highest BCUT2D eigenvalue weighted by Gasteiger charge is 2.60. The van der Waals surface area contributed by atoms with Crippen LogP contribution in [-0.4, -0.2) is 49.0 Å². The molecule has 226 valence electrons. The van der Waals surface area contributed by atoms with Crippen molar-refractivity contribution in [3.05, 3.63) is 0 Å². The molecular weight excluding hydrogens is 514 g/mol. The molecule has 0 aromatic rings. The van der Waals surface area contributed by atoms with Crippen LogP contribution in [0.5, 0.6) is 0 Å². The van der Waals surface area contributed by atoms with E-state index >= 15 is 0 Å². The fourth-order valence-electron chi connectivity index (χ4n) is 9.69. The van der Waals surface area contributed by atoms with Gasteiger partial charge >= 0.3 is 16.2 Å². The summed E-state index contributed by atoms with van der Waals surface area (Å²) in [5.74, 6) is 3.85. The van der Waals surface area contributed by atoms with Crippen LogP contribution >= 0.6 is 0 Å². The fourth-order valence-corrected chi connectivity index (χ4v) is 10.9. The molecule has 4 fully saturated rings. The highest BCUT2D eigenvalue weighted by molar-refractivity contribution is 7.88. The fraction of sp³-hybridized carbons (Fsp3) is 0.967. The molecule has 2 amide bonds. The zero-order valence-electron chi connectivity index (χ0n) is 25.1. The Balaban J connectivity index is 1.36. The zero-order valence-corrected chi connectivity index (χ0v) is 25.9. The van der Waals surface area contributed by atoms with Gasteiger partial charge < -0.3 is 15.5 Å². The predicted octanol–water partition coefficient (Wildman–Crippen LogP) is 4.57. The van der Waals surface area contributed by atoms with Gasteiger partial charge in [0.2, 0.25) is 0 Å². The van der Waals surface area contributed by atoms with Crippen LogP contribution in [-0.2, 0) is 10.2 Å². The molecular formula is C30H55N3O5S. The molecule has 2 bridgehead atoms. The smallest absolute Gasteiger partial charge is 0.329 e. The highest BCUT2D eigenvalue weighted by Crippen LogP contribution is 2.64. The molecule has 0 spiro atoms. The molecule has 0 aliphatic heterocycles. The van der Waals surface area contributed by atoms with Crippen LogP contribution in [0.1, 0.15) is 106 Å². The SMILES string of the molecule is CC[C@H]1[C@@H](O)[C@H]2[C@@H]3CC[C@H]([C@H](C)CCNC(=O)NS(=O)(=O)NC(C)(C)C)[C@H](CC[C@@H]2[C@@]2(C)CC[C@@H](O)C[C@@H]12)C3. The quantitative estimate of drug-likeness (QED) is 0.307. The number of aliphatic hydroxyl groups is 2. The summed E-state index contributed by atoms with van der Waals surface area (Å²) in [6, 6.07) is -0.693. The first kappa shape index (κ1) is 31.0. The molecule has 5 N–H and O–H groups in total. The maximum atomic E-state index is 12.2. The lowest BCUT2D eigenvalue weighted by Crippen LogP contribution is -2.58. The van der Waals surface area contributed by atoms with Gasteiger partial charge in [0.1, 0.15) is 0 Å². The molecule has 4 aliphatic rings. The number of carbonyl (C=O) groups is 1. The van der Waals surface area contributed by atoms with Crippen molar-refractivity contribution >= 4 is 16.2 Å². The minimum Gasteiger partial charge on any atom is -0.393 e. The number of aliphatic hydroxyl groups excluding tert-OH is 2. The van der Waals surface area contributed by atoms with Gasteiger partial charge in [0.05, 0.1) is 12.2 Å². The molecule has 0 unspecified atom stereocenters. The van der Waals surface area contributed by atoms with Crippen molar-refractivity contribution in [1.29, 1.82) is 0 Å². The molecule has 4 saturated carbocycles. The summed E-state index contributed by atoms with van der Waals surface area (Å²) in [6.45, 7) is 12.6. The van der Waals surface area contributed by atoms with Gasteiger partial charge in [-0.15, -0.1) is 0 Å². The van der Waals surface area contributed by atoms with Crippen molar-refractivity contribution in [1.82, 2.24) is 14.8 Å². The van der Waals surface area contributed by atoms with E-state index in [0.717, 1.165) is 44.9 Å². The Hall–Kier alpha value is -0.900. The van der Waals surface area contributed by atoms with Gasteiger partial charge in [0, 0.05) is 12.1 Å². The van der Waals surface area contributed by atoms with E-state index in [1.165, 1.54) is 19.3 Å². The van der Waals surface area contributed by atoms with Crippen molar-refractivity contribution in [2.24, 2.45) is 52.8 Å². The number of amides is 2. The van der Waals surface area contributed by atoms with Crippen molar-refractivity contribution in [3.63, 3.8) is 0 Å². The molecule has 0 heterocycles. The Bertz CT molecular complexity index is 968. The number of carbonyl (C=O) groups excluding carboxylic acids is 1. The first-order valence-electron chi connectivity index (χ1n) is 15.6. The van der Waals surface area contributed by atoms with Crippen LogP contribution in [0.2, 0.25) is 0 Å². The van der Waals surface area contributed by atoms with Gasteiger partial charge in [-0.05, 0) is 131 Å². The first-order valence-corrected chi connectivity index (χ1v) is 17.1. The van der Waals surface area contributed by atoms with Crippen LogP contribution in [0.25, 0.3) is 0 Å². The van der Waals surface area contributed by atoms with Crippen molar-refractivity contribution < 1.29 is 23.4 Å². The summed E-state index contributed by atoms with van der Waals surface area (Å²) in [4.78, 5) is 12.2. The van der Waals surface area contributed by atoms with Gasteiger partial charge in [0.15, 0.2) is 0 Å². The molecule has 11 atom stereocenters. The largest absolute Gasteiger partial charge is 0.393 e. The van der Waals surface area contributed by atoms with Crippen molar-refractivity contribution in [3.8, 4) is 0 Å². The van der Waals surface area contributed by atoms with Gasteiger partial charge in [0.25, 0.3) is 0 Å². The molecule has 9 heteroatoms. The van der Waals surface area contributed by atoms with Crippen LogP contribution in [0.15, 0.2) is 0 Å². The van der Waals surface area contributed by atoms with E-state index in [9.17, 15) is 23.4 Å². The number of hydrogen-bond donors (Lipinski definition) is 5. The number of fused-ring (bicyclic) bond motifs is 6. The molecule has 4 rings (SSSR count). The second-order valence-electron chi connectivity index (χ2n) is 14.8. The Kier molecular flexibility index (Phi) is 9.37. The third-order valence-electron chi connectivity index (χ3n) is 11.3. The van der Waals surface area contributed by atoms with E-state index in [1.807, 2.05) is 0 Å². The average molecular weight is 570 g/mol. The van der Waals surface area contributed by atoms with Crippen molar-refractivity contribution in [2.45, 2.75) is 123 Å². The molecule has 39 heavy (non-hydrogen) atoms. The number of rotatable bonds is 7. The van der Waals surface area contributed by atoms with Crippen molar-refractivity contribution in [2.75, 3.05) is 6.54 Å². The van der Waals surface area contributed by atoms with E-state index in [1.54, 1.807) is 20.8 Å². The summed E-state index contributed by atoms with van der Waals surface area (Å²) >= 11 is 0. The maximum Gasteiger partial charge on any atom is 0.329 e. The molecule has 0 saturated heterocycles. The average Bonchev–Trinajstić information content (AvgIpc) is 2.96. The van der Waals surface area contributed by atoms with Gasteiger partial charge in [-0.25, -0.2) is 9.52 Å². The standard InChI is InChI=1S/C30H55N3O5S/c1-7-22-25-17-21(34)12-14-30(25,6)24-11-9-19-16-20(26(24)27(22)35)8-10-23(19)18(2)13-15-31-28(36)32-39(37,38)33-29(3,4)5/h18-27,33-35H,7-17H2,1-6H3,(H2,31,32,36)/t18-,19-,20-,21-,22-,23-,24+,25+,26+,27-,30-/m1/s1. The number of hydrogen-bond acceptors (Lipinski definition) is 5. The second kappa shape index (κ2) is 11.8. The second-order valence-corrected chi connectivity index (χ2v) is 16.3. The van der Waals surface area contributed by atoms with Gasteiger partial charge in [-0.1, -0.05) is 27.2 Å². The summed E-state index contributed by atoms with van der Waals surface area (Å²) in [5.41, 5.74) is -0.457. The third kappa shape index (κ3) is 6.78. The Labute approximate surface area is 237 Å². The minimum absolute atomic E-state index is 0.210. The third-order valence-corrected chi connectivity index (χ3v) is 12.6. The number of nitrogens with one attached hydrogen (secondary N) is 3. The lowest BCUT2D eigenvalue weighted by molar-refractivity contribution is -0.173. The molecule has 0 radical (unpaired) electrons. The van der Waals surface area contributed by atoms with E-state index in [-0.39, 0.29) is 17.6 Å². The van der Waals surface area contributed by atoms with E-state index < -0.39 is 21.8 Å². The maximum absolute atomic E-state index is 12.2. The Morgan fingerprint density at radius 2 is 1.72 bits per heavy atom. The highest BCUT2D eigenvalue weighted by atomic mass is 32.2. The van der Waals surface area contributed by atoms with E-state index in [4.69, 9.17) is 0 Å². The topological polar surface area (TPSA) is 128 Å². The van der Waals surface area contributed by atoms with Crippen LogP contribution in [0.4, 0.5) is 4.79 Å². The first-order chi connectivity index (χ1) is 18.1. The zero-order chi connectivity index (χ0) is 28.8. The lowest BCUT2D eigenvalue weighted by Gasteiger charge is -2.60. The summed E-state index contributed by atoms with van der Waals surface area (Å²) in [7, 11) is -3.91. The Morgan fingerprint density at radius 3 is 2.38 bits per heavy atom. The van der Waals surface area contributed by atoms with Crippen LogP contribution in [0.3, 0.4) is 0 Å². The van der Waals surface area contributed by atoms with Crippen LogP contribution < -0.4 is 14.8 Å². The minimum atomic E-state index is -3.91. The molecule has 0 aromatic carbocycles. The lowest BCUT2D eigenvalue weighted by atomic mass is 9.45. The molecule has 4 aliphatic carbocycles. The summed E-state index contributed by atoms with van der Waals surface area (Å²) in [5, 5.41) is 25.0. The van der Waals surface area contributed by atoms with E-state index in [2.05, 4.69) is 35.5 Å². The normalized spacial score (nSPS) is 41.5. The monoisotopic (exact) mass is 569 g/mol. The van der Waals surface area contributed by atoms with Gasteiger partial charge in [-0.3, -0.25) is 0 Å². The number of urea groups is 1. The summed E-state index contributed by atoms with van der Waals surface area (Å²) in [6.07, 6.45) is 10.0. The van der Waals surface area contributed by atoms with E-state index in [0.29, 0.717) is 53.9 Å². The Morgan fingerprint density at radius 1 is 1.03 bits per heavy atom. The molecule has 0 aromatic heterocycles.